The molecule has 180 valence electrons. The number of benzene rings is 3. The molecule has 6 nitrogen and oxygen atoms in total. The van der Waals surface area contributed by atoms with E-state index in [-0.39, 0.29) is 38.9 Å². The number of Topliss-reactive ketones (excluding diaryl/α,β-unsaturated/α-hetero) is 1. The maximum atomic E-state index is 13.4. The zero-order chi connectivity index (χ0) is 25.5. The van der Waals surface area contributed by atoms with E-state index < -0.39 is 35.2 Å². The van der Waals surface area contributed by atoms with E-state index in [0.717, 1.165) is 23.1 Å². The first-order valence-corrected chi connectivity index (χ1v) is 10.5. The lowest BCUT2D eigenvalue weighted by atomic mass is 9.95. The van der Waals surface area contributed by atoms with Gasteiger partial charge in [0.2, 0.25) is 0 Å². The number of ether oxygens (including phenoxy) is 1. The van der Waals surface area contributed by atoms with Gasteiger partial charge >= 0.3 is 6.18 Å². The predicted octanol–water partition coefficient (Wildman–Crippen LogP) is 5.70. The first-order valence-electron chi connectivity index (χ1n) is 10.1. The number of amides is 1. The Morgan fingerprint density at radius 2 is 1.71 bits per heavy atom. The van der Waals surface area contributed by atoms with Gasteiger partial charge in [0.1, 0.15) is 17.3 Å². The van der Waals surface area contributed by atoms with Crippen LogP contribution in [0.1, 0.15) is 22.7 Å². The summed E-state index contributed by atoms with van der Waals surface area (Å²) in [6.45, 7) is 0. The molecule has 1 aliphatic heterocycles. The molecule has 1 atom stereocenters. The minimum absolute atomic E-state index is 0.104. The molecule has 1 heterocycles. The maximum absolute atomic E-state index is 13.4. The Balaban J connectivity index is 1.95. The molecule has 0 saturated carbocycles. The van der Waals surface area contributed by atoms with Gasteiger partial charge in [0, 0.05) is 11.3 Å². The number of phenols is 1. The van der Waals surface area contributed by atoms with E-state index in [1.807, 2.05) is 0 Å². The molecule has 0 bridgehead atoms. The Morgan fingerprint density at radius 3 is 2.34 bits per heavy atom. The highest BCUT2D eigenvalue weighted by molar-refractivity contribution is 6.51. The molecule has 1 amide bonds. The lowest BCUT2D eigenvalue weighted by Gasteiger charge is -2.26. The molecule has 10 heteroatoms. The molecule has 0 spiro atoms. The average Bonchev–Trinajstić information content (AvgIpc) is 3.09. The van der Waals surface area contributed by atoms with Crippen molar-refractivity contribution < 1.29 is 37.7 Å². The number of aliphatic hydroxyl groups is 1. The van der Waals surface area contributed by atoms with Crippen LogP contribution >= 0.6 is 11.6 Å². The number of aliphatic hydroxyl groups excluding tert-OH is 1. The van der Waals surface area contributed by atoms with Crippen LogP contribution in [0.25, 0.3) is 5.76 Å². The second kappa shape index (κ2) is 8.99. The number of hydrogen-bond acceptors (Lipinski definition) is 5. The van der Waals surface area contributed by atoms with E-state index in [1.165, 1.54) is 55.6 Å². The number of carbonyl (C=O) groups excluding carboxylic acids is 2. The van der Waals surface area contributed by atoms with E-state index in [1.54, 1.807) is 0 Å². The fraction of sp³-hybridized carbons (Fsp3) is 0.120. The molecule has 0 aliphatic carbocycles. The Labute approximate surface area is 202 Å². The van der Waals surface area contributed by atoms with Crippen molar-refractivity contribution in [2.75, 3.05) is 12.0 Å². The van der Waals surface area contributed by atoms with Gasteiger partial charge in [-0.3, -0.25) is 14.5 Å². The van der Waals surface area contributed by atoms with Crippen molar-refractivity contribution in [1.29, 1.82) is 0 Å². The average molecular weight is 504 g/mol. The van der Waals surface area contributed by atoms with Gasteiger partial charge < -0.3 is 14.9 Å². The summed E-state index contributed by atoms with van der Waals surface area (Å²) in [4.78, 5) is 27.1. The van der Waals surface area contributed by atoms with Crippen molar-refractivity contribution in [3.63, 3.8) is 0 Å². The molecule has 0 radical (unpaired) electrons. The first-order chi connectivity index (χ1) is 16.5. The summed E-state index contributed by atoms with van der Waals surface area (Å²) in [6, 6.07) is 12.3. The minimum Gasteiger partial charge on any atom is -0.508 e. The zero-order valence-electron chi connectivity index (χ0n) is 18.0. The molecule has 35 heavy (non-hydrogen) atoms. The number of ketones is 1. The van der Waals surface area contributed by atoms with Crippen molar-refractivity contribution in [2.45, 2.75) is 12.2 Å². The van der Waals surface area contributed by atoms with Crippen LogP contribution < -0.4 is 9.64 Å². The normalized spacial score (nSPS) is 17.6. The second-order valence-electron chi connectivity index (χ2n) is 7.66. The molecule has 4 rings (SSSR count). The summed E-state index contributed by atoms with van der Waals surface area (Å²) in [5.41, 5.74) is -1.15. The molecular formula is C25H17ClF3NO5. The summed E-state index contributed by atoms with van der Waals surface area (Å²) in [6.07, 6.45) is -4.68. The summed E-state index contributed by atoms with van der Waals surface area (Å²) in [5.74, 6) is -2.68. The van der Waals surface area contributed by atoms with Gasteiger partial charge in [0.25, 0.3) is 11.7 Å². The number of alkyl halides is 3. The second-order valence-corrected chi connectivity index (χ2v) is 8.07. The Bertz CT molecular complexity index is 1350. The fourth-order valence-corrected chi connectivity index (χ4v) is 4.06. The molecule has 3 aromatic rings. The third-order valence-corrected chi connectivity index (χ3v) is 5.84. The highest BCUT2D eigenvalue weighted by atomic mass is 35.5. The van der Waals surface area contributed by atoms with Gasteiger partial charge in [-0.15, -0.1) is 0 Å². The Morgan fingerprint density at radius 1 is 1.03 bits per heavy atom. The number of aromatic hydroxyl groups is 1. The Hall–Kier alpha value is -3.98. The van der Waals surface area contributed by atoms with Crippen molar-refractivity contribution in [1.82, 2.24) is 0 Å². The fourth-order valence-electron chi connectivity index (χ4n) is 3.87. The van der Waals surface area contributed by atoms with Gasteiger partial charge in [-0.1, -0.05) is 29.8 Å². The third-order valence-electron chi connectivity index (χ3n) is 5.53. The van der Waals surface area contributed by atoms with Gasteiger partial charge in [-0.25, -0.2) is 0 Å². The van der Waals surface area contributed by atoms with Crippen LogP contribution in [0.3, 0.4) is 0 Å². The molecule has 1 saturated heterocycles. The molecule has 1 fully saturated rings. The number of carbonyl (C=O) groups is 2. The summed E-state index contributed by atoms with van der Waals surface area (Å²) < 4.78 is 45.2. The van der Waals surface area contributed by atoms with Crippen molar-refractivity contribution in [2.24, 2.45) is 0 Å². The molecule has 0 aromatic heterocycles. The highest BCUT2D eigenvalue weighted by Gasteiger charge is 2.47. The van der Waals surface area contributed by atoms with Crippen LogP contribution in [-0.4, -0.2) is 29.0 Å². The van der Waals surface area contributed by atoms with Crippen LogP contribution in [0.2, 0.25) is 5.02 Å². The number of halogens is 4. The summed E-state index contributed by atoms with van der Waals surface area (Å²) >= 11 is 6.04. The number of phenolic OH excluding ortho intramolecular Hbond substituents is 1. The van der Waals surface area contributed by atoms with Crippen molar-refractivity contribution in [3.8, 4) is 11.5 Å². The molecule has 1 aliphatic rings. The standard InChI is InChI=1S/C25H17ClF3NO5/c1-35-19-11-14(7-10-18(19)26)22(32)20-21(13-5-8-17(31)9-6-13)30(24(34)23(20)33)16-4-2-3-15(12-16)25(27,28)29/h2-12,21,31-32H,1H3/b22-20+. The molecule has 1 unspecified atom stereocenters. The summed E-state index contributed by atoms with van der Waals surface area (Å²) in [7, 11) is 1.36. The van der Waals surface area contributed by atoms with Crippen molar-refractivity contribution in [3.05, 3.63) is 94.0 Å². The van der Waals surface area contributed by atoms with E-state index in [2.05, 4.69) is 0 Å². The van der Waals surface area contributed by atoms with E-state index in [0.29, 0.717) is 0 Å². The number of hydrogen-bond donors (Lipinski definition) is 2. The quantitative estimate of drug-likeness (QED) is 0.271. The molecule has 3 aromatic carbocycles. The van der Waals surface area contributed by atoms with Crippen molar-refractivity contribution >= 4 is 34.7 Å². The van der Waals surface area contributed by atoms with E-state index >= 15 is 0 Å². The zero-order valence-corrected chi connectivity index (χ0v) is 18.8. The molecule has 2 N–H and O–H groups in total. The van der Waals surface area contributed by atoms with Crippen LogP contribution in [0.4, 0.5) is 18.9 Å². The SMILES string of the molecule is COc1cc(/C(O)=C2\C(=O)C(=O)N(c3cccc(C(F)(F)F)c3)C2c2ccc(O)cc2)ccc1Cl. The van der Waals surface area contributed by atoms with Crippen LogP contribution in [-0.2, 0) is 15.8 Å². The van der Waals surface area contributed by atoms with Crippen LogP contribution in [0.5, 0.6) is 11.5 Å². The lowest BCUT2D eigenvalue weighted by Crippen LogP contribution is -2.29. The number of methoxy groups -OCH3 is 1. The van der Waals surface area contributed by atoms with Crippen LogP contribution in [0, 0.1) is 0 Å². The topological polar surface area (TPSA) is 87.1 Å². The van der Waals surface area contributed by atoms with Crippen LogP contribution in [0.15, 0.2) is 72.3 Å². The van der Waals surface area contributed by atoms with E-state index in [9.17, 15) is 33.0 Å². The Kier molecular flexibility index (Phi) is 6.21. The third kappa shape index (κ3) is 4.42. The number of rotatable bonds is 4. The predicted molar refractivity (Wildman–Crippen MR) is 122 cm³/mol. The monoisotopic (exact) mass is 503 g/mol. The smallest absolute Gasteiger partial charge is 0.416 e. The maximum Gasteiger partial charge on any atom is 0.416 e. The lowest BCUT2D eigenvalue weighted by molar-refractivity contribution is -0.137. The van der Waals surface area contributed by atoms with Gasteiger partial charge in [-0.2, -0.15) is 13.2 Å². The number of nitrogens with zero attached hydrogens (tertiary/aromatic N) is 1. The van der Waals surface area contributed by atoms with Gasteiger partial charge in [0.05, 0.1) is 29.3 Å². The minimum atomic E-state index is -4.68. The largest absolute Gasteiger partial charge is 0.508 e. The number of anilines is 1. The molecular weight excluding hydrogens is 487 g/mol. The highest BCUT2D eigenvalue weighted by Crippen LogP contribution is 2.44. The van der Waals surface area contributed by atoms with Gasteiger partial charge in [-0.05, 0) is 54.1 Å². The first kappa shape index (κ1) is 24.2. The summed E-state index contributed by atoms with van der Waals surface area (Å²) in [5, 5.41) is 21.0. The van der Waals surface area contributed by atoms with E-state index in [4.69, 9.17) is 16.3 Å². The van der Waals surface area contributed by atoms with Gasteiger partial charge in [0.15, 0.2) is 0 Å².